The van der Waals surface area contributed by atoms with Crippen molar-refractivity contribution in [3.8, 4) is 0 Å². The van der Waals surface area contributed by atoms with Crippen LogP contribution in [0.3, 0.4) is 0 Å². The lowest BCUT2D eigenvalue weighted by Gasteiger charge is -2.03. The number of nitrogens with zero attached hydrogens (tertiary/aromatic N) is 1. The molecule has 4 nitrogen and oxygen atoms in total. The number of hydrogen-bond acceptors (Lipinski definition) is 2. The molecule has 0 fully saturated rings. The van der Waals surface area contributed by atoms with E-state index in [0.717, 1.165) is 10.9 Å². The van der Waals surface area contributed by atoms with Crippen LogP contribution in [0.5, 0.6) is 0 Å². The average Bonchev–Trinajstić information content (AvgIpc) is 2.56. The molecule has 0 spiro atoms. The zero-order chi connectivity index (χ0) is 11.7. The molecule has 1 amide bonds. The standard InChI is InChI=1S/C11H11ClN2O2/c1-14-9-4-3-8(12)5-7(9)6-10(14)11(15)13-16-2/h3-6H,1-2H3,(H,13,15). The number of amides is 1. The van der Waals surface area contributed by atoms with Crippen LogP contribution in [0.15, 0.2) is 24.3 Å². The SMILES string of the molecule is CONC(=O)c1cc2cc(Cl)ccc2n1C. The molecule has 0 aliphatic carbocycles. The van der Waals surface area contributed by atoms with Crippen LogP contribution < -0.4 is 5.48 Å². The van der Waals surface area contributed by atoms with Crippen LogP contribution in [0.1, 0.15) is 10.5 Å². The van der Waals surface area contributed by atoms with Gasteiger partial charge in [-0.05, 0) is 24.3 Å². The number of aromatic nitrogens is 1. The maximum Gasteiger partial charge on any atom is 0.291 e. The van der Waals surface area contributed by atoms with Gasteiger partial charge in [-0.2, -0.15) is 0 Å². The minimum Gasteiger partial charge on any atom is -0.340 e. The van der Waals surface area contributed by atoms with Crippen LogP contribution in [0.4, 0.5) is 0 Å². The van der Waals surface area contributed by atoms with Gasteiger partial charge in [0.25, 0.3) is 5.91 Å². The van der Waals surface area contributed by atoms with Crippen LogP contribution in [-0.2, 0) is 11.9 Å². The van der Waals surface area contributed by atoms with E-state index in [9.17, 15) is 4.79 Å². The second kappa shape index (κ2) is 4.15. The molecule has 1 N–H and O–H groups in total. The first kappa shape index (κ1) is 11.0. The predicted octanol–water partition coefficient (Wildman–Crippen LogP) is 2.12. The number of halogens is 1. The van der Waals surface area contributed by atoms with E-state index in [4.69, 9.17) is 11.6 Å². The molecule has 84 valence electrons. The molecule has 0 saturated carbocycles. The van der Waals surface area contributed by atoms with Gasteiger partial charge in [0, 0.05) is 23.0 Å². The Hall–Kier alpha value is -1.52. The highest BCUT2D eigenvalue weighted by atomic mass is 35.5. The van der Waals surface area contributed by atoms with E-state index >= 15 is 0 Å². The van der Waals surface area contributed by atoms with E-state index in [2.05, 4.69) is 10.3 Å². The summed E-state index contributed by atoms with van der Waals surface area (Å²) in [6.45, 7) is 0. The zero-order valence-electron chi connectivity index (χ0n) is 8.95. The molecule has 1 aromatic heterocycles. The lowest BCUT2D eigenvalue weighted by molar-refractivity contribution is 0.0529. The fourth-order valence-corrected chi connectivity index (χ4v) is 1.86. The van der Waals surface area contributed by atoms with Crippen molar-refractivity contribution in [3.63, 3.8) is 0 Å². The van der Waals surface area contributed by atoms with Crippen LogP contribution in [0.2, 0.25) is 5.02 Å². The Labute approximate surface area is 97.7 Å². The molecule has 2 aromatic rings. The summed E-state index contributed by atoms with van der Waals surface area (Å²) in [5.41, 5.74) is 3.76. The highest BCUT2D eigenvalue weighted by Gasteiger charge is 2.12. The summed E-state index contributed by atoms with van der Waals surface area (Å²) >= 11 is 5.89. The predicted molar refractivity (Wildman–Crippen MR) is 62.4 cm³/mol. The Bertz CT molecular complexity index is 548. The molecule has 2 rings (SSSR count). The lowest BCUT2D eigenvalue weighted by Crippen LogP contribution is -2.23. The molecule has 1 heterocycles. The second-order valence-electron chi connectivity index (χ2n) is 3.43. The lowest BCUT2D eigenvalue weighted by atomic mass is 10.2. The van der Waals surface area contributed by atoms with Crippen molar-refractivity contribution in [3.05, 3.63) is 35.0 Å². The molecule has 16 heavy (non-hydrogen) atoms. The molecular weight excluding hydrogens is 228 g/mol. The summed E-state index contributed by atoms with van der Waals surface area (Å²) in [5, 5.41) is 1.58. The van der Waals surface area contributed by atoms with Gasteiger partial charge in [-0.3, -0.25) is 9.63 Å². The van der Waals surface area contributed by atoms with E-state index in [0.29, 0.717) is 10.7 Å². The van der Waals surface area contributed by atoms with Crippen molar-refractivity contribution >= 4 is 28.4 Å². The summed E-state index contributed by atoms with van der Waals surface area (Å²) in [6.07, 6.45) is 0. The topological polar surface area (TPSA) is 43.3 Å². The number of nitrogens with one attached hydrogen (secondary N) is 1. The smallest absolute Gasteiger partial charge is 0.291 e. The molecule has 1 aromatic carbocycles. The number of hydroxylamine groups is 1. The third-order valence-electron chi connectivity index (χ3n) is 2.43. The average molecular weight is 239 g/mol. The largest absolute Gasteiger partial charge is 0.340 e. The number of aryl methyl sites for hydroxylation is 1. The Balaban J connectivity index is 2.55. The van der Waals surface area contributed by atoms with Crippen LogP contribution in [-0.4, -0.2) is 17.6 Å². The van der Waals surface area contributed by atoms with Gasteiger partial charge < -0.3 is 4.57 Å². The molecule has 0 saturated heterocycles. The summed E-state index contributed by atoms with van der Waals surface area (Å²) in [4.78, 5) is 16.2. The summed E-state index contributed by atoms with van der Waals surface area (Å²) in [7, 11) is 3.22. The first-order chi connectivity index (χ1) is 7.63. The zero-order valence-corrected chi connectivity index (χ0v) is 9.71. The summed E-state index contributed by atoms with van der Waals surface area (Å²) in [5.74, 6) is -0.280. The molecule has 0 aliphatic rings. The Kier molecular flexibility index (Phi) is 2.85. The van der Waals surface area contributed by atoms with E-state index in [1.165, 1.54) is 7.11 Å². The highest BCUT2D eigenvalue weighted by molar-refractivity contribution is 6.31. The van der Waals surface area contributed by atoms with Crippen molar-refractivity contribution in [2.45, 2.75) is 0 Å². The Morgan fingerprint density at radius 1 is 1.44 bits per heavy atom. The van der Waals surface area contributed by atoms with E-state index in [1.807, 2.05) is 19.2 Å². The first-order valence-electron chi connectivity index (χ1n) is 4.72. The van der Waals surface area contributed by atoms with Gasteiger partial charge in [0.15, 0.2) is 0 Å². The van der Waals surface area contributed by atoms with Gasteiger partial charge in [-0.1, -0.05) is 11.6 Å². The van der Waals surface area contributed by atoms with Crippen molar-refractivity contribution < 1.29 is 9.63 Å². The van der Waals surface area contributed by atoms with E-state index < -0.39 is 0 Å². The molecule has 0 aliphatic heterocycles. The van der Waals surface area contributed by atoms with E-state index in [1.54, 1.807) is 16.7 Å². The van der Waals surface area contributed by atoms with Crippen molar-refractivity contribution in [1.82, 2.24) is 10.0 Å². The molecule has 0 bridgehead atoms. The van der Waals surface area contributed by atoms with Gasteiger partial charge in [0.1, 0.15) is 5.69 Å². The van der Waals surface area contributed by atoms with Gasteiger partial charge in [0.05, 0.1) is 7.11 Å². The van der Waals surface area contributed by atoms with Gasteiger partial charge in [-0.15, -0.1) is 0 Å². The quantitative estimate of drug-likeness (QED) is 0.815. The Morgan fingerprint density at radius 2 is 2.19 bits per heavy atom. The number of rotatable bonds is 2. The van der Waals surface area contributed by atoms with Gasteiger partial charge in [-0.25, -0.2) is 5.48 Å². The second-order valence-corrected chi connectivity index (χ2v) is 3.86. The highest BCUT2D eigenvalue weighted by Crippen LogP contribution is 2.22. The molecule has 5 heteroatoms. The monoisotopic (exact) mass is 238 g/mol. The number of benzene rings is 1. The van der Waals surface area contributed by atoms with Crippen molar-refractivity contribution in [2.75, 3.05) is 7.11 Å². The minimum absolute atomic E-state index is 0.280. The third kappa shape index (κ3) is 1.77. The maximum atomic E-state index is 11.6. The summed E-state index contributed by atoms with van der Waals surface area (Å²) in [6, 6.07) is 7.26. The van der Waals surface area contributed by atoms with Crippen molar-refractivity contribution in [1.29, 1.82) is 0 Å². The third-order valence-corrected chi connectivity index (χ3v) is 2.67. The van der Waals surface area contributed by atoms with Crippen LogP contribution in [0, 0.1) is 0 Å². The van der Waals surface area contributed by atoms with Crippen LogP contribution >= 0.6 is 11.6 Å². The first-order valence-corrected chi connectivity index (χ1v) is 5.09. The minimum atomic E-state index is -0.280. The summed E-state index contributed by atoms with van der Waals surface area (Å²) < 4.78 is 1.79. The Morgan fingerprint density at radius 3 is 2.88 bits per heavy atom. The van der Waals surface area contributed by atoms with Crippen LogP contribution in [0.25, 0.3) is 10.9 Å². The molecule has 0 unspecified atom stereocenters. The number of fused-ring (bicyclic) bond motifs is 1. The van der Waals surface area contributed by atoms with Gasteiger partial charge in [0.2, 0.25) is 0 Å². The fraction of sp³-hybridized carbons (Fsp3) is 0.182. The number of carbonyl (C=O) groups is 1. The maximum absolute atomic E-state index is 11.6. The molecule has 0 atom stereocenters. The van der Waals surface area contributed by atoms with E-state index in [-0.39, 0.29) is 5.91 Å². The number of hydrogen-bond donors (Lipinski definition) is 1. The molecule has 0 radical (unpaired) electrons. The van der Waals surface area contributed by atoms with Crippen molar-refractivity contribution in [2.24, 2.45) is 7.05 Å². The number of carbonyl (C=O) groups excluding carboxylic acids is 1. The molecular formula is C11H11ClN2O2. The normalized spacial score (nSPS) is 10.7. The van der Waals surface area contributed by atoms with Gasteiger partial charge >= 0.3 is 0 Å². The fourth-order valence-electron chi connectivity index (χ4n) is 1.68.